The Morgan fingerprint density at radius 3 is 1.71 bits per heavy atom. The Morgan fingerprint density at radius 1 is 0.550 bits per heavy atom. The number of benzene rings is 4. The molecule has 1 aliphatic heterocycles. The van der Waals surface area contributed by atoms with Gasteiger partial charge < -0.3 is 133 Å². The van der Waals surface area contributed by atoms with Gasteiger partial charge in [0.25, 0.3) is 0 Å². The summed E-state index contributed by atoms with van der Waals surface area (Å²) >= 11 is 6.09. The number of anilines is 1. The highest BCUT2D eigenvalue weighted by molar-refractivity contribution is 6.30. The Morgan fingerprint density at radius 2 is 1.10 bits per heavy atom. The molecule has 0 bridgehead atoms. The van der Waals surface area contributed by atoms with E-state index in [9.17, 15) is 121 Å². The summed E-state index contributed by atoms with van der Waals surface area (Å²) < 4.78 is 5.73. The van der Waals surface area contributed by atoms with E-state index in [1.165, 1.54) is 24.3 Å². The first-order valence-corrected chi connectivity index (χ1v) is 40.8. The number of esters is 1. The summed E-state index contributed by atoms with van der Waals surface area (Å²) in [7, 11) is 0. The number of H-pyrrole nitrogens is 1. The molecular weight excluding hydrogens is 1720 g/mol. The quantitative estimate of drug-likeness (QED) is 0.00769. The van der Waals surface area contributed by atoms with Crippen LogP contribution in [0.4, 0.5) is 5.69 Å². The minimum atomic E-state index is -2.52. The molecule has 0 spiro atoms. The predicted molar refractivity (Wildman–Crippen MR) is 453 cm³/mol. The van der Waals surface area contributed by atoms with Crippen molar-refractivity contribution in [3.63, 3.8) is 0 Å². The number of aliphatic carboxylic acids is 4. The number of unbranched alkanes of at least 4 members (excludes halogenated alkanes) is 1. The number of primary amides is 1. The normalized spacial score (nSPS) is 20.3. The SMILES string of the molecule is CC1NC(=O)C(CC(=O)O)NC(=O)C(CCCNC(=O)C(N)CCCCN)NC(=O)CNC(=O)C(NC(=O)C(CC(=O)O)NC(=O)C(CC(N)=O)NC(=O)C(Cc2c[nH]c3ccccc23)NC(=O)Cc2ccc(-c3ccc(Cl)cc3)cc2)C(C)OC(=O)C(CC(=O)c2ccccc2N)NC(=O)C(C(C)CC(=O)O)NC(=O)C(CO)NC(=O)CNC(=O)C(CC(=O)O)NC1=O. The number of fused-ring (bicyclic) bond motifs is 1. The van der Waals surface area contributed by atoms with E-state index in [4.69, 9.17) is 39.3 Å². The lowest BCUT2D eigenvalue weighted by Crippen LogP contribution is -2.62. The summed E-state index contributed by atoms with van der Waals surface area (Å²) in [6, 6.07) is 1.23. The Balaban J connectivity index is 1.43. The van der Waals surface area contributed by atoms with Crippen molar-refractivity contribution < 1.29 is 131 Å². The number of hydrogen-bond acceptors (Lipinski definition) is 26. The van der Waals surface area contributed by atoms with Crippen LogP contribution in [0.25, 0.3) is 22.0 Å². The number of nitrogen functional groups attached to an aromatic ring is 1. The van der Waals surface area contributed by atoms with Gasteiger partial charge in [-0.2, -0.15) is 0 Å². The zero-order valence-electron chi connectivity index (χ0n) is 70.0. The van der Waals surface area contributed by atoms with Crippen LogP contribution in [0.1, 0.15) is 113 Å². The molecule has 6 rings (SSSR count). The lowest BCUT2D eigenvalue weighted by Gasteiger charge is -2.30. The second kappa shape index (κ2) is 50.6. The van der Waals surface area contributed by atoms with Crippen LogP contribution >= 0.6 is 11.6 Å². The molecule has 0 aliphatic carbocycles. The van der Waals surface area contributed by atoms with Gasteiger partial charge in [-0.1, -0.05) is 91.7 Å². The van der Waals surface area contributed by atoms with E-state index >= 15 is 4.79 Å². The van der Waals surface area contributed by atoms with Gasteiger partial charge in [-0.15, -0.1) is 0 Å². The molecule has 0 radical (unpaired) electrons. The van der Waals surface area contributed by atoms with Crippen molar-refractivity contribution in [1.82, 2.24) is 79.4 Å². The number of carboxylic acids is 4. The zero-order chi connectivity index (χ0) is 95.5. The van der Waals surface area contributed by atoms with Crippen LogP contribution in [-0.4, -0.2) is 266 Å². The number of carboxylic acid groups (broad SMARTS) is 4. The Hall–Kier alpha value is -14.5. The number of carbonyl (C=O) groups excluding carboxylic acids is 17. The maximum Gasteiger partial charge on any atom is 0.329 e. The number of halogens is 1. The van der Waals surface area contributed by atoms with E-state index in [2.05, 4.69) is 63.5 Å². The average molecular weight is 1820 g/mol. The minimum absolute atomic E-state index is 0.189. The molecule has 14 atom stereocenters. The number of cyclic esters (lactones) is 1. The Kier molecular flexibility index (Phi) is 40.5. The van der Waals surface area contributed by atoms with Gasteiger partial charge in [0.15, 0.2) is 5.78 Å². The smallest absolute Gasteiger partial charge is 0.329 e. The molecule has 5 aromatic rings. The standard InChI is InChI=1S/C82H104ClN19O27/c1-39(27-65(109)110)69-81(127)100-58(30-60(104)48-12-4-6-13-49(48)85)82(128)129-41(3)70(102-78(124)57(34-68(115)116)99-77(123)54(31-61(87)105)97-76(122)53(29-45-35-89-51-15-7-5-11-47(45)51)94-62(106)28-42-17-19-43(20-18-42)44-21-23-46(83)24-22-44)80(126)91-37-63(107)93-52(16-10-26-88-72(118)50(86)14-8-9-25-84)74(120)98-56(33-67(113)114)75(121)92-40(2)71(117)96-55(32-66(111)112)73(119)90-36-64(108)95-59(38-103)79(125)101-69/h4-7,11-13,15,17-24,35,39-41,50,52-59,69-70,89,103H,8-10,14,16,25-34,36-38,84-86H2,1-3H3,(H2,87,105)(H,88,118)(H,90,119)(H,91,126)(H,92,121)(H,93,107)(H,94,106)(H,95,108)(H,96,117)(H,97,122)(H,98,120)(H,99,123)(H,100,127)(H,101,125)(H,102,124)(H,109,110)(H,111,112)(H,113,114)(H,115,116). The fourth-order valence-corrected chi connectivity index (χ4v) is 13.2. The van der Waals surface area contributed by atoms with Crippen molar-refractivity contribution in [1.29, 1.82) is 0 Å². The van der Waals surface area contributed by atoms with Gasteiger partial charge in [-0.3, -0.25) is 95.9 Å². The highest BCUT2D eigenvalue weighted by atomic mass is 35.5. The first-order valence-electron chi connectivity index (χ1n) is 40.4. The number of ether oxygens (including phenoxy) is 1. The summed E-state index contributed by atoms with van der Waals surface area (Å²) in [5, 5.41) is 82.1. The van der Waals surface area contributed by atoms with Crippen molar-refractivity contribution in [2.45, 2.75) is 183 Å². The topological polar surface area (TPSA) is 757 Å². The number of para-hydroxylation sites is 2. The lowest BCUT2D eigenvalue weighted by molar-refractivity contribution is -0.156. The number of nitrogens with two attached hydrogens (primary N) is 4. The van der Waals surface area contributed by atoms with Gasteiger partial charge in [0.1, 0.15) is 72.6 Å². The molecule has 15 amide bonds. The molecule has 1 aliphatic rings. The number of Topliss-reactive ketones (excluding diaryl/α,β-unsaturated/α-hetero) is 1. The minimum Gasteiger partial charge on any atom is -0.481 e. The number of aliphatic hydroxyl groups excluding tert-OH is 1. The van der Waals surface area contributed by atoms with Gasteiger partial charge in [-0.05, 0) is 105 Å². The van der Waals surface area contributed by atoms with Crippen molar-refractivity contribution >= 4 is 152 Å². The van der Waals surface area contributed by atoms with Crippen LogP contribution in [0.5, 0.6) is 0 Å². The largest absolute Gasteiger partial charge is 0.481 e. The summed E-state index contributed by atoms with van der Waals surface area (Å²) in [5.41, 5.74) is 26.0. The molecule has 4 aromatic carbocycles. The molecule has 1 aromatic heterocycles. The van der Waals surface area contributed by atoms with Gasteiger partial charge in [0, 0.05) is 52.8 Å². The lowest BCUT2D eigenvalue weighted by atomic mass is 9.96. The number of aromatic nitrogens is 1. The molecule has 14 unspecified atom stereocenters. The van der Waals surface area contributed by atoms with E-state index in [0.29, 0.717) is 39.9 Å². The molecule has 2 heterocycles. The Bertz CT molecular complexity index is 4960. The predicted octanol–water partition coefficient (Wildman–Crippen LogP) is -5.59. The van der Waals surface area contributed by atoms with Crippen LogP contribution in [-0.2, 0) is 113 Å². The van der Waals surface area contributed by atoms with Crippen LogP contribution in [0.3, 0.4) is 0 Å². The number of aromatic amines is 1. The highest BCUT2D eigenvalue weighted by Gasteiger charge is 2.41. The van der Waals surface area contributed by atoms with Crippen molar-refractivity contribution in [3.05, 3.63) is 125 Å². The van der Waals surface area contributed by atoms with Gasteiger partial charge in [0.2, 0.25) is 88.6 Å². The maximum atomic E-state index is 15.0. The van der Waals surface area contributed by atoms with Crippen LogP contribution < -0.4 is 97.4 Å². The number of amides is 15. The average Bonchev–Trinajstić information content (AvgIpc) is 1.45. The summed E-state index contributed by atoms with van der Waals surface area (Å²) in [6.45, 7) is -0.967. The number of nitrogens with one attached hydrogen (secondary N) is 15. The second-order valence-corrected chi connectivity index (χ2v) is 30.6. The van der Waals surface area contributed by atoms with Crippen molar-refractivity contribution in [3.8, 4) is 11.1 Å². The number of carbonyl (C=O) groups is 21. The van der Waals surface area contributed by atoms with E-state index in [-0.39, 0.29) is 50.0 Å². The van der Waals surface area contributed by atoms with Crippen LogP contribution in [0, 0.1) is 5.92 Å². The first kappa shape index (κ1) is 103. The number of ketones is 1. The van der Waals surface area contributed by atoms with Crippen molar-refractivity contribution in [2.24, 2.45) is 23.1 Å². The third-order valence-electron chi connectivity index (χ3n) is 19.9. The fraction of sp³-hybridized carbons (Fsp3) is 0.427. The third-order valence-corrected chi connectivity index (χ3v) is 20.2. The van der Waals surface area contributed by atoms with Gasteiger partial charge >= 0.3 is 29.8 Å². The zero-order valence-corrected chi connectivity index (χ0v) is 70.8. The monoisotopic (exact) mass is 1820 g/mol. The van der Waals surface area contributed by atoms with E-state index in [0.717, 1.165) is 31.9 Å². The number of aliphatic hydroxyl groups is 1. The maximum absolute atomic E-state index is 15.0. The number of rotatable bonds is 36. The molecule has 0 saturated carbocycles. The van der Waals surface area contributed by atoms with E-state index in [1.54, 1.807) is 79.0 Å². The summed E-state index contributed by atoms with van der Waals surface area (Å²) in [6.07, 6.45) is -8.20. The number of hydrogen-bond donors (Lipinski definition) is 24. The second-order valence-electron chi connectivity index (χ2n) is 30.2. The molecule has 129 heavy (non-hydrogen) atoms. The summed E-state index contributed by atoms with van der Waals surface area (Å²) in [4.78, 5) is 293. The van der Waals surface area contributed by atoms with Crippen molar-refractivity contribution in [2.75, 3.05) is 38.5 Å². The first-order chi connectivity index (χ1) is 61.0. The molecule has 28 N–H and O–H groups in total. The van der Waals surface area contributed by atoms with E-state index < -0.39 is 273 Å². The Labute approximate surface area is 740 Å². The third kappa shape index (κ3) is 33.7. The van der Waals surface area contributed by atoms with Crippen LogP contribution in [0.2, 0.25) is 5.02 Å². The van der Waals surface area contributed by atoms with Crippen LogP contribution in [0.15, 0.2) is 103 Å². The van der Waals surface area contributed by atoms with E-state index in [1.807, 2.05) is 16.0 Å². The summed E-state index contributed by atoms with van der Waals surface area (Å²) in [5.74, 6) is -31.4. The fourth-order valence-electron chi connectivity index (χ4n) is 13.1. The molecular formula is C82H104ClN19O27. The molecule has 47 heteroatoms. The molecule has 696 valence electrons. The van der Waals surface area contributed by atoms with Gasteiger partial charge in [-0.25, -0.2) is 4.79 Å². The van der Waals surface area contributed by atoms with Gasteiger partial charge in [0.05, 0.1) is 64.3 Å². The molecule has 1 fully saturated rings. The highest BCUT2D eigenvalue weighted by Crippen LogP contribution is 2.25. The molecule has 1 saturated heterocycles. The molecule has 46 nitrogen and oxygen atoms in total.